The van der Waals surface area contributed by atoms with Crippen LogP contribution < -0.4 is 4.74 Å². The number of benzene rings is 1. The Morgan fingerprint density at radius 1 is 1.00 bits per heavy atom. The lowest BCUT2D eigenvalue weighted by atomic mass is 10.1. The summed E-state index contributed by atoms with van der Waals surface area (Å²) in [6, 6.07) is 5.86. The van der Waals surface area contributed by atoms with Crippen molar-refractivity contribution in [3.05, 3.63) is 29.8 Å². The van der Waals surface area contributed by atoms with Gasteiger partial charge in [0.1, 0.15) is 42.8 Å². The average molecular weight is 384 g/mol. The summed E-state index contributed by atoms with van der Waals surface area (Å²) in [6.45, 7) is 1.83. The SMILES string of the molecule is CCCC(=O)OCC(O)C(O)C(O)COC(=O)c1ccccc1OC(C)=O. The summed E-state index contributed by atoms with van der Waals surface area (Å²) < 4.78 is 14.5. The predicted octanol–water partition coefficient (Wildman–Crippen LogP) is 0.195. The van der Waals surface area contributed by atoms with E-state index in [9.17, 15) is 29.7 Å². The molecule has 0 radical (unpaired) electrons. The number of hydrogen-bond donors (Lipinski definition) is 3. The van der Waals surface area contributed by atoms with Gasteiger partial charge >= 0.3 is 17.9 Å². The first-order valence-corrected chi connectivity index (χ1v) is 8.40. The van der Waals surface area contributed by atoms with E-state index in [-0.39, 0.29) is 17.7 Å². The summed E-state index contributed by atoms with van der Waals surface area (Å²) in [5.41, 5.74) is -0.0385. The normalized spacial score (nSPS) is 14.0. The van der Waals surface area contributed by atoms with Crippen molar-refractivity contribution in [1.82, 2.24) is 0 Å². The molecule has 9 nitrogen and oxygen atoms in total. The minimum absolute atomic E-state index is 0.00657. The van der Waals surface area contributed by atoms with Crippen LogP contribution >= 0.6 is 0 Å². The summed E-state index contributed by atoms with van der Waals surface area (Å²) in [5, 5.41) is 29.4. The number of aliphatic hydroxyl groups excluding tert-OH is 3. The van der Waals surface area contributed by atoms with Crippen molar-refractivity contribution in [3.8, 4) is 5.75 Å². The maximum Gasteiger partial charge on any atom is 0.342 e. The van der Waals surface area contributed by atoms with Crippen LogP contribution in [0.25, 0.3) is 0 Å². The molecule has 0 heterocycles. The Kier molecular flexibility index (Phi) is 9.41. The van der Waals surface area contributed by atoms with E-state index in [4.69, 9.17) is 14.2 Å². The number of carbonyl (C=O) groups is 3. The second kappa shape index (κ2) is 11.3. The van der Waals surface area contributed by atoms with Gasteiger partial charge in [-0.1, -0.05) is 19.1 Å². The van der Waals surface area contributed by atoms with Gasteiger partial charge in [-0.05, 0) is 18.6 Å². The molecule has 9 heteroatoms. The molecule has 0 fully saturated rings. The first-order chi connectivity index (χ1) is 12.8. The molecule has 0 aliphatic rings. The van der Waals surface area contributed by atoms with Crippen molar-refractivity contribution in [2.75, 3.05) is 13.2 Å². The number of aliphatic hydroxyl groups is 3. The molecule has 3 N–H and O–H groups in total. The lowest BCUT2D eigenvalue weighted by molar-refractivity contribution is -0.152. The van der Waals surface area contributed by atoms with Gasteiger partial charge in [0.2, 0.25) is 0 Å². The monoisotopic (exact) mass is 384 g/mol. The summed E-state index contributed by atoms with van der Waals surface area (Å²) >= 11 is 0. The van der Waals surface area contributed by atoms with E-state index < -0.39 is 49.4 Å². The first kappa shape index (κ1) is 22.6. The average Bonchev–Trinajstić information content (AvgIpc) is 2.63. The highest BCUT2D eigenvalue weighted by Crippen LogP contribution is 2.19. The fourth-order valence-corrected chi connectivity index (χ4v) is 2.03. The number of para-hydroxylation sites is 1. The van der Waals surface area contributed by atoms with Gasteiger partial charge in [0.05, 0.1) is 0 Å². The van der Waals surface area contributed by atoms with Gasteiger partial charge < -0.3 is 29.5 Å². The molecule has 150 valence electrons. The maximum absolute atomic E-state index is 12.1. The Labute approximate surface area is 156 Å². The van der Waals surface area contributed by atoms with Gasteiger partial charge in [0.25, 0.3) is 0 Å². The fourth-order valence-electron chi connectivity index (χ4n) is 2.03. The van der Waals surface area contributed by atoms with E-state index in [1.54, 1.807) is 13.0 Å². The zero-order chi connectivity index (χ0) is 20.4. The van der Waals surface area contributed by atoms with E-state index in [0.717, 1.165) is 0 Å². The summed E-state index contributed by atoms with van der Waals surface area (Å²) in [7, 11) is 0. The summed E-state index contributed by atoms with van der Waals surface area (Å²) in [5.74, 6) is -2.05. The Balaban J connectivity index is 2.55. The van der Waals surface area contributed by atoms with Crippen molar-refractivity contribution >= 4 is 17.9 Å². The molecule has 0 bridgehead atoms. The topological polar surface area (TPSA) is 140 Å². The number of carbonyl (C=O) groups excluding carboxylic acids is 3. The molecular weight excluding hydrogens is 360 g/mol. The van der Waals surface area contributed by atoms with Crippen LogP contribution in [0.2, 0.25) is 0 Å². The minimum Gasteiger partial charge on any atom is -0.463 e. The van der Waals surface area contributed by atoms with Crippen molar-refractivity contribution in [2.45, 2.75) is 45.0 Å². The van der Waals surface area contributed by atoms with Crippen molar-refractivity contribution in [3.63, 3.8) is 0 Å². The van der Waals surface area contributed by atoms with Crippen LogP contribution in [0.3, 0.4) is 0 Å². The standard InChI is InChI=1S/C18H24O9/c1-3-6-16(22)25-9-13(20)17(23)14(21)10-26-18(24)12-7-4-5-8-15(12)27-11(2)19/h4-5,7-8,13-14,17,20-21,23H,3,6,9-10H2,1-2H3. The minimum atomic E-state index is -1.70. The highest BCUT2D eigenvalue weighted by molar-refractivity contribution is 5.93. The van der Waals surface area contributed by atoms with Gasteiger partial charge in [-0.3, -0.25) is 9.59 Å². The van der Waals surface area contributed by atoms with Gasteiger partial charge in [0.15, 0.2) is 0 Å². The van der Waals surface area contributed by atoms with Crippen LogP contribution in [0.15, 0.2) is 24.3 Å². The van der Waals surface area contributed by atoms with Crippen molar-refractivity contribution in [2.24, 2.45) is 0 Å². The molecule has 0 aliphatic heterocycles. The molecule has 27 heavy (non-hydrogen) atoms. The number of hydrogen-bond acceptors (Lipinski definition) is 9. The van der Waals surface area contributed by atoms with Crippen LogP contribution in [0.4, 0.5) is 0 Å². The molecule has 0 aromatic heterocycles. The highest BCUT2D eigenvalue weighted by atomic mass is 16.6. The lowest BCUT2D eigenvalue weighted by Gasteiger charge is -2.22. The van der Waals surface area contributed by atoms with Crippen LogP contribution in [-0.4, -0.2) is 64.8 Å². The van der Waals surface area contributed by atoms with Gasteiger partial charge in [0, 0.05) is 13.3 Å². The number of esters is 3. The van der Waals surface area contributed by atoms with Crippen LogP contribution in [0, 0.1) is 0 Å². The van der Waals surface area contributed by atoms with Crippen LogP contribution in [0.5, 0.6) is 5.75 Å². The van der Waals surface area contributed by atoms with Gasteiger partial charge in [-0.15, -0.1) is 0 Å². The molecule has 0 saturated carbocycles. The molecule has 1 aromatic rings. The largest absolute Gasteiger partial charge is 0.463 e. The van der Waals surface area contributed by atoms with Crippen LogP contribution in [-0.2, 0) is 19.1 Å². The second-order valence-corrected chi connectivity index (χ2v) is 5.75. The summed E-state index contributed by atoms with van der Waals surface area (Å²) in [4.78, 5) is 34.4. The van der Waals surface area contributed by atoms with Crippen molar-refractivity contribution in [1.29, 1.82) is 0 Å². The number of ether oxygens (including phenoxy) is 3. The van der Waals surface area contributed by atoms with Gasteiger partial charge in [-0.25, -0.2) is 4.79 Å². The molecule has 0 saturated heterocycles. The smallest absolute Gasteiger partial charge is 0.342 e. The Morgan fingerprint density at radius 3 is 2.19 bits per heavy atom. The van der Waals surface area contributed by atoms with E-state index in [1.165, 1.54) is 25.1 Å². The van der Waals surface area contributed by atoms with Crippen LogP contribution in [0.1, 0.15) is 37.0 Å². The zero-order valence-electron chi connectivity index (χ0n) is 15.2. The predicted molar refractivity (Wildman–Crippen MR) is 91.9 cm³/mol. The molecule has 0 aliphatic carbocycles. The lowest BCUT2D eigenvalue weighted by Crippen LogP contribution is -2.43. The number of rotatable bonds is 10. The molecule has 0 amide bonds. The van der Waals surface area contributed by atoms with Gasteiger partial charge in [-0.2, -0.15) is 0 Å². The first-order valence-electron chi connectivity index (χ1n) is 8.40. The highest BCUT2D eigenvalue weighted by Gasteiger charge is 2.27. The molecule has 3 atom stereocenters. The third-order valence-corrected chi connectivity index (χ3v) is 3.40. The third-order valence-electron chi connectivity index (χ3n) is 3.40. The Morgan fingerprint density at radius 2 is 1.59 bits per heavy atom. The van der Waals surface area contributed by atoms with E-state index >= 15 is 0 Å². The third kappa shape index (κ3) is 7.73. The Hall–Kier alpha value is -2.49. The zero-order valence-corrected chi connectivity index (χ0v) is 15.2. The second-order valence-electron chi connectivity index (χ2n) is 5.75. The molecule has 1 rings (SSSR count). The Bertz CT molecular complexity index is 643. The summed E-state index contributed by atoms with van der Waals surface area (Å²) in [6.07, 6.45) is -4.12. The molecule has 3 unspecified atom stereocenters. The molecule has 0 spiro atoms. The fraction of sp³-hybridized carbons (Fsp3) is 0.500. The molecular formula is C18H24O9. The van der Waals surface area contributed by atoms with E-state index in [2.05, 4.69) is 0 Å². The molecule has 1 aromatic carbocycles. The van der Waals surface area contributed by atoms with E-state index in [0.29, 0.717) is 6.42 Å². The van der Waals surface area contributed by atoms with E-state index in [1.807, 2.05) is 0 Å². The maximum atomic E-state index is 12.1. The quantitative estimate of drug-likeness (QED) is 0.381. The van der Waals surface area contributed by atoms with Crippen molar-refractivity contribution < 1.29 is 43.9 Å².